The molecule has 2 rings (SSSR count). The summed E-state index contributed by atoms with van der Waals surface area (Å²) >= 11 is 11.8. The normalized spacial score (nSPS) is 19.5. The van der Waals surface area contributed by atoms with Crippen LogP contribution in [0.3, 0.4) is 0 Å². The molecule has 2 amide bonds. The lowest BCUT2D eigenvalue weighted by atomic mass is 9.91. The van der Waals surface area contributed by atoms with Gasteiger partial charge in [0, 0.05) is 12.1 Å². The number of hydrogen-bond donors (Lipinski definition) is 3. The topological polar surface area (TPSA) is 140 Å². The number of aliphatic carboxylic acids is 1. The van der Waals surface area contributed by atoms with E-state index in [-0.39, 0.29) is 23.6 Å². The lowest BCUT2D eigenvalue weighted by molar-refractivity contribution is -0.147. The van der Waals surface area contributed by atoms with Crippen LogP contribution in [-0.4, -0.2) is 74.7 Å². The van der Waals surface area contributed by atoms with E-state index >= 15 is 0 Å². The third-order valence-electron chi connectivity index (χ3n) is 3.85. The molecule has 3 unspecified atom stereocenters. The van der Waals surface area contributed by atoms with E-state index in [0.717, 1.165) is 0 Å². The maximum absolute atomic E-state index is 12.4. The Bertz CT molecular complexity index is 796. The largest absolute Gasteiger partial charge is 0.479 e. The molecular weight excluding hydrogens is 430 g/mol. The summed E-state index contributed by atoms with van der Waals surface area (Å²) in [5, 5.41) is 14.3. The van der Waals surface area contributed by atoms with Crippen LogP contribution in [0.15, 0.2) is 18.2 Å². The second-order valence-corrected chi connectivity index (χ2v) is 6.76. The van der Waals surface area contributed by atoms with Gasteiger partial charge >= 0.3 is 13.1 Å². The van der Waals surface area contributed by atoms with Crippen molar-refractivity contribution in [2.75, 3.05) is 20.2 Å². The highest BCUT2D eigenvalue weighted by atomic mass is 35.5. The van der Waals surface area contributed by atoms with Gasteiger partial charge in [-0.3, -0.25) is 9.59 Å². The summed E-state index contributed by atoms with van der Waals surface area (Å²) in [4.78, 5) is 46.7. The number of aldehydes is 1. The third kappa shape index (κ3) is 6.15. The minimum Gasteiger partial charge on any atom is -0.479 e. The van der Waals surface area contributed by atoms with Gasteiger partial charge in [-0.15, -0.1) is 0 Å². The molecule has 0 saturated carbocycles. The van der Waals surface area contributed by atoms with Crippen LogP contribution in [0.2, 0.25) is 10.0 Å². The Morgan fingerprint density at radius 3 is 2.66 bits per heavy atom. The van der Waals surface area contributed by atoms with Crippen LogP contribution in [0, 0.1) is 0 Å². The first-order valence-electron chi connectivity index (χ1n) is 8.28. The van der Waals surface area contributed by atoms with Crippen LogP contribution >= 0.6 is 23.2 Å². The zero-order valence-electron chi connectivity index (χ0n) is 15.1. The molecule has 0 bridgehead atoms. The number of ether oxygens (including phenoxy) is 1. The Morgan fingerprint density at radius 1 is 1.34 bits per heavy atom. The van der Waals surface area contributed by atoms with Gasteiger partial charge in [-0.05, 0) is 18.2 Å². The second kappa shape index (κ2) is 10.6. The summed E-state index contributed by atoms with van der Waals surface area (Å²) in [7, 11) is 0.199. The van der Waals surface area contributed by atoms with Crippen molar-refractivity contribution in [3.63, 3.8) is 0 Å². The van der Waals surface area contributed by atoms with Gasteiger partial charge in [-0.1, -0.05) is 23.2 Å². The number of carboxylic acid groups (broad SMARTS) is 1. The minimum absolute atomic E-state index is 0.0775. The van der Waals surface area contributed by atoms with E-state index in [0.29, 0.717) is 11.3 Å². The Balaban J connectivity index is 1.97. The van der Waals surface area contributed by atoms with Crippen molar-refractivity contribution in [2.24, 2.45) is 0 Å². The lowest BCUT2D eigenvalue weighted by Gasteiger charge is -2.18. The predicted molar refractivity (Wildman–Crippen MR) is 102 cm³/mol. The SMILES string of the molecule is COCC(NC(=O)c1cc(Cl)ccc1Cl)C(=O)NCB1OC(C=O)C(C(=O)O)O1. The smallest absolute Gasteiger partial charge is 0.478 e. The maximum Gasteiger partial charge on any atom is 0.478 e. The van der Waals surface area contributed by atoms with Crippen LogP contribution in [0.25, 0.3) is 0 Å². The fraction of sp³-hybridized carbons (Fsp3) is 0.375. The molecule has 10 nitrogen and oxygen atoms in total. The molecule has 1 heterocycles. The molecule has 0 aliphatic carbocycles. The van der Waals surface area contributed by atoms with Gasteiger partial charge in [0.25, 0.3) is 5.91 Å². The van der Waals surface area contributed by atoms with E-state index in [4.69, 9.17) is 42.4 Å². The standard InChI is InChI=1S/C16H17BCl2N2O8/c1-27-6-11(21-14(23)9-4-8(18)2-3-10(9)19)15(24)20-7-17-28-12(5-22)13(29-17)16(25)26/h2-5,11-13H,6-7H2,1H3,(H,20,24)(H,21,23)(H,25,26). The van der Waals surface area contributed by atoms with E-state index in [9.17, 15) is 19.2 Å². The summed E-state index contributed by atoms with van der Waals surface area (Å²) in [5.41, 5.74) is 0.0775. The number of carboxylic acids is 1. The fourth-order valence-corrected chi connectivity index (χ4v) is 2.86. The van der Waals surface area contributed by atoms with Crippen molar-refractivity contribution in [3.05, 3.63) is 33.8 Å². The van der Waals surface area contributed by atoms with Crippen LogP contribution in [-0.2, 0) is 28.4 Å². The molecule has 3 atom stereocenters. The predicted octanol–water partition coefficient (Wildman–Crippen LogP) is -0.0507. The first-order chi connectivity index (χ1) is 13.8. The van der Waals surface area contributed by atoms with E-state index < -0.39 is 43.2 Å². The molecular formula is C16H17BCl2N2O8. The van der Waals surface area contributed by atoms with Crippen molar-refractivity contribution in [1.82, 2.24) is 10.6 Å². The number of nitrogens with one attached hydrogen (secondary N) is 2. The van der Waals surface area contributed by atoms with E-state index in [1.165, 1.54) is 25.3 Å². The van der Waals surface area contributed by atoms with Gasteiger partial charge in [-0.25, -0.2) is 4.79 Å². The molecule has 0 aromatic heterocycles. The van der Waals surface area contributed by atoms with Crippen LogP contribution < -0.4 is 10.6 Å². The number of carbonyl (C=O) groups is 4. The third-order valence-corrected chi connectivity index (χ3v) is 4.42. The Hall–Kier alpha value is -2.18. The Morgan fingerprint density at radius 2 is 2.07 bits per heavy atom. The Kier molecular flexibility index (Phi) is 8.41. The molecule has 1 aromatic rings. The molecule has 13 heteroatoms. The van der Waals surface area contributed by atoms with Gasteiger partial charge in [0.2, 0.25) is 5.91 Å². The summed E-state index contributed by atoms with van der Waals surface area (Å²) < 4.78 is 15.1. The molecule has 1 aromatic carbocycles. The molecule has 0 radical (unpaired) electrons. The quantitative estimate of drug-likeness (QED) is 0.354. The highest BCUT2D eigenvalue weighted by Crippen LogP contribution is 2.20. The summed E-state index contributed by atoms with van der Waals surface area (Å²) in [6, 6.07) is 3.22. The van der Waals surface area contributed by atoms with Crippen molar-refractivity contribution < 1.29 is 38.3 Å². The van der Waals surface area contributed by atoms with Crippen LogP contribution in [0.4, 0.5) is 0 Å². The highest BCUT2D eigenvalue weighted by Gasteiger charge is 2.44. The van der Waals surface area contributed by atoms with Crippen LogP contribution in [0.5, 0.6) is 0 Å². The van der Waals surface area contributed by atoms with Crippen molar-refractivity contribution in [2.45, 2.75) is 18.2 Å². The molecule has 1 fully saturated rings. The first kappa shape index (κ1) is 23.1. The average molecular weight is 447 g/mol. The van der Waals surface area contributed by atoms with Crippen molar-refractivity contribution >= 4 is 54.4 Å². The number of rotatable bonds is 9. The van der Waals surface area contributed by atoms with Gasteiger partial charge in [0.05, 0.1) is 23.6 Å². The summed E-state index contributed by atoms with van der Waals surface area (Å²) in [6.45, 7) is -0.156. The minimum atomic E-state index is -1.46. The lowest BCUT2D eigenvalue weighted by Crippen LogP contribution is -2.51. The van der Waals surface area contributed by atoms with E-state index in [1.807, 2.05) is 0 Å². The second-order valence-electron chi connectivity index (χ2n) is 5.91. The molecule has 1 aliphatic rings. The zero-order valence-corrected chi connectivity index (χ0v) is 16.6. The number of halogens is 2. The van der Waals surface area contributed by atoms with Gasteiger partial charge < -0.3 is 34.6 Å². The maximum atomic E-state index is 12.4. The average Bonchev–Trinajstić information content (AvgIpc) is 3.11. The zero-order chi connectivity index (χ0) is 21.6. The summed E-state index contributed by atoms with van der Waals surface area (Å²) in [6.07, 6.45) is -2.69. The number of hydrogen-bond acceptors (Lipinski definition) is 7. The van der Waals surface area contributed by atoms with E-state index in [2.05, 4.69) is 10.6 Å². The number of amides is 2. The van der Waals surface area contributed by atoms with Crippen molar-refractivity contribution in [1.29, 1.82) is 0 Å². The summed E-state index contributed by atoms with van der Waals surface area (Å²) in [5.74, 6) is -2.65. The number of carbonyl (C=O) groups excluding carboxylic acids is 3. The molecule has 0 spiro atoms. The van der Waals surface area contributed by atoms with Gasteiger partial charge in [0.15, 0.2) is 6.10 Å². The molecule has 3 N–H and O–H groups in total. The molecule has 1 saturated heterocycles. The molecule has 29 heavy (non-hydrogen) atoms. The first-order valence-corrected chi connectivity index (χ1v) is 9.04. The van der Waals surface area contributed by atoms with Crippen LogP contribution in [0.1, 0.15) is 10.4 Å². The monoisotopic (exact) mass is 446 g/mol. The number of benzene rings is 1. The van der Waals surface area contributed by atoms with Gasteiger partial charge in [-0.2, -0.15) is 0 Å². The molecule has 1 aliphatic heterocycles. The highest BCUT2D eigenvalue weighted by molar-refractivity contribution is 6.46. The molecule has 156 valence electrons. The fourth-order valence-electron chi connectivity index (χ4n) is 2.48. The van der Waals surface area contributed by atoms with Gasteiger partial charge in [0.1, 0.15) is 18.4 Å². The van der Waals surface area contributed by atoms with E-state index in [1.54, 1.807) is 0 Å². The Labute approximate surface area is 175 Å². The number of methoxy groups -OCH3 is 1. The van der Waals surface area contributed by atoms with Crippen molar-refractivity contribution in [3.8, 4) is 0 Å².